The third kappa shape index (κ3) is 5.08. The number of aromatic nitrogens is 2. The molecule has 22 heavy (non-hydrogen) atoms. The minimum atomic E-state index is -0.303. The molecule has 0 aliphatic heterocycles. The predicted octanol–water partition coefficient (Wildman–Crippen LogP) is 3.21. The minimum Gasteiger partial charge on any atom is -0.465 e. The van der Waals surface area contributed by atoms with Crippen molar-refractivity contribution in [3.05, 3.63) is 34.3 Å². The first kappa shape index (κ1) is 16.9. The number of amides is 1. The summed E-state index contributed by atoms with van der Waals surface area (Å²) in [5.74, 6) is -0.399. The molecule has 0 spiro atoms. The summed E-state index contributed by atoms with van der Waals surface area (Å²) in [5.41, 5.74) is 0.519. The fourth-order valence-electron chi connectivity index (χ4n) is 1.44. The molecular weight excluding hydrogens is 390 g/mol. The predicted molar refractivity (Wildman–Crippen MR) is 89.4 cm³/mol. The smallest absolute Gasteiger partial charge is 0.316 e. The number of nitrogens with zero attached hydrogens (tertiary/aromatic N) is 2. The first-order chi connectivity index (χ1) is 10.6. The maximum Gasteiger partial charge on any atom is 0.316 e. The standard InChI is InChI=1S/C13H12BrN3O3S2/c1-2-20-10(18)7-21-13-17-16-12(22-13)15-11(19)8-4-3-5-9(14)6-8/h3-6H,2,7H2,1H3,(H,15,16,19). The van der Waals surface area contributed by atoms with Crippen LogP contribution in [0.2, 0.25) is 0 Å². The molecule has 0 aliphatic carbocycles. The molecule has 1 heterocycles. The lowest BCUT2D eigenvalue weighted by Gasteiger charge is -2.01. The van der Waals surface area contributed by atoms with Crippen LogP contribution in [0.5, 0.6) is 0 Å². The van der Waals surface area contributed by atoms with E-state index in [-0.39, 0.29) is 17.6 Å². The molecule has 0 radical (unpaired) electrons. The van der Waals surface area contributed by atoms with E-state index in [1.807, 2.05) is 6.07 Å². The molecular formula is C13H12BrN3O3S2. The van der Waals surface area contributed by atoms with E-state index in [2.05, 4.69) is 31.4 Å². The number of hydrogen-bond donors (Lipinski definition) is 1. The fourth-order valence-corrected chi connectivity index (χ4v) is 3.39. The van der Waals surface area contributed by atoms with Crippen LogP contribution in [0.4, 0.5) is 5.13 Å². The highest BCUT2D eigenvalue weighted by Crippen LogP contribution is 2.26. The van der Waals surface area contributed by atoms with Gasteiger partial charge < -0.3 is 4.74 Å². The van der Waals surface area contributed by atoms with Gasteiger partial charge in [-0.1, -0.05) is 45.1 Å². The lowest BCUT2D eigenvalue weighted by atomic mass is 10.2. The summed E-state index contributed by atoms with van der Waals surface area (Å²) >= 11 is 5.75. The summed E-state index contributed by atoms with van der Waals surface area (Å²) in [6.45, 7) is 2.10. The highest BCUT2D eigenvalue weighted by Gasteiger charge is 2.12. The van der Waals surface area contributed by atoms with Gasteiger partial charge in [-0.15, -0.1) is 10.2 Å². The maximum atomic E-state index is 12.1. The Kier molecular flexibility index (Phi) is 6.34. The molecule has 2 aromatic rings. The van der Waals surface area contributed by atoms with E-state index in [0.717, 1.165) is 4.47 Å². The summed E-state index contributed by atoms with van der Waals surface area (Å²) < 4.78 is 6.24. The topological polar surface area (TPSA) is 81.2 Å². The monoisotopic (exact) mass is 401 g/mol. The maximum absolute atomic E-state index is 12.1. The zero-order valence-corrected chi connectivity index (χ0v) is 14.8. The molecule has 0 fully saturated rings. The van der Waals surface area contributed by atoms with Crippen molar-refractivity contribution in [2.75, 3.05) is 17.7 Å². The number of hydrogen-bond acceptors (Lipinski definition) is 7. The van der Waals surface area contributed by atoms with E-state index < -0.39 is 0 Å². The van der Waals surface area contributed by atoms with Crippen LogP contribution < -0.4 is 5.32 Å². The molecule has 2 rings (SSSR count). The number of halogens is 1. The molecule has 0 saturated heterocycles. The van der Waals surface area contributed by atoms with E-state index >= 15 is 0 Å². The number of benzene rings is 1. The number of carbonyl (C=O) groups excluding carboxylic acids is 2. The van der Waals surface area contributed by atoms with E-state index in [0.29, 0.717) is 21.6 Å². The zero-order chi connectivity index (χ0) is 15.9. The fraction of sp³-hybridized carbons (Fsp3) is 0.231. The van der Waals surface area contributed by atoms with Gasteiger partial charge in [-0.05, 0) is 25.1 Å². The molecule has 116 valence electrons. The van der Waals surface area contributed by atoms with Crippen LogP contribution in [0.3, 0.4) is 0 Å². The van der Waals surface area contributed by atoms with Gasteiger partial charge in [0.1, 0.15) is 0 Å². The Morgan fingerprint density at radius 1 is 1.41 bits per heavy atom. The average Bonchev–Trinajstić information content (AvgIpc) is 2.93. The molecule has 1 aromatic carbocycles. The quantitative estimate of drug-likeness (QED) is 0.454. The number of anilines is 1. The summed E-state index contributed by atoms with van der Waals surface area (Å²) in [6.07, 6.45) is 0. The summed E-state index contributed by atoms with van der Waals surface area (Å²) in [4.78, 5) is 23.3. The third-order valence-corrected chi connectivity index (χ3v) is 4.77. The number of carbonyl (C=O) groups is 2. The molecule has 1 amide bonds. The van der Waals surface area contributed by atoms with Crippen molar-refractivity contribution in [1.82, 2.24) is 10.2 Å². The summed E-state index contributed by atoms with van der Waals surface area (Å²) in [5, 5.41) is 10.9. The molecule has 0 bridgehead atoms. The third-order valence-electron chi connectivity index (χ3n) is 2.33. The Bertz CT molecular complexity index is 678. The van der Waals surface area contributed by atoms with Crippen LogP contribution in [0.15, 0.2) is 33.1 Å². The SMILES string of the molecule is CCOC(=O)CSc1nnc(NC(=O)c2cccc(Br)c2)s1. The second kappa shape index (κ2) is 8.25. The Labute approximate surface area is 143 Å². The molecule has 6 nitrogen and oxygen atoms in total. The number of rotatable bonds is 6. The molecule has 1 aromatic heterocycles. The lowest BCUT2D eigenvalue weighted by Crippen LogP contribution is -2.11. The number of thioether (sulfide) groups is 1. The Hall–Kier alpha value is -1.45. The molecule has 1 N–H and O–H groups in total. The minimum absolute atomic E-state index is 0.169. The Morgan fingerprint density at radius 3 is 2.95 bits per heavy atom. The van der Waals surface area contributed by atoms with E-state index in [9.17, 15) is 9.59 Å². The molecule has 9 heteroatoms. The molecule has 0 aliphatic rings. The van der Waals surface area contributed by atoms with Gasteiger partial charge in [-0.2, -0.15) is 0 Å². The number of ether oxygens (including phenoxy) is 1. The number of esters is 1. The first-order valence-corrected chi connectivity index (χ1v) is 8.87. The Morgan fingerprint density at radius 2 is 2.23 bits per heavy atom. The van der Waals surface area contributed by atoms with Crippen molar-refractivity contribution < 1.29 is 14.3 Å². The second-order valence-electron chi connectivity index (χ2n) is 3.93. The largest absolute Gasteiger partial charge is 0.465 e. The van der Waals surface area contributed by atoms with Gasteiger partial charge in [0.25, 0.3) is 5.91 Å². The van der Waals surface area contributed by atoms with E-state index in [4.69, 9.17) is 4.74 Å². The molecule has 0 atom stereocenters. The van der Waals surface area contributed by atoms with Crippen molar-refractivity contribution in [2.45, 2.75) is 11.3 Å². The molecule has 0 saturated carbocycles. The van der Waals surface area contributed by atoms with Crippen LogP contribution >= 0.6 is 39.0 Å². The van der Waals surface area contributed by atoms with E-state index in [1.54, 1.807) is 25.1 Å². The number of nitrogens with one attached hydrogen (secondary N) is 1. The van der Waals surface area contributed by atoms with Gasteiger partial charge in [-0.25, -0.2) is 0 Å². The highest BCUT2D eigenvalue weighted by atomic mass is 79.9. The van der Waals surface area contributed by atoms with Crippen LogP contribution in [0.25, 0.3) is 0 Å². The van der Waals surface area contributed by atoms with Crippen molar-refractivity contribution in [3.63, 3.8) is 0 Å². The Balaban J connectivity index is 1.91. The first-order valence-electron chi connectivity index (χ1n) is 6.27. The van der Waals surface area contributed by atoms with Crippen LogP contribution in [-0.2, 0) is 9.53 Å². The van der Waals surface area contributed by atoms with Gasteiger partial charge in [0.05, 0.1) is 12.4 Å². The normalized spacial score (nSPS) is 10.3. The van der Waals surface area contributed by atoms with Crippen molar-refractivity contribution >= 4 is 56.0 Å². The van der Waals surface area contributed by atoms with Crippen LogP contribution in [0.1, 0.15) is 17.3 Å². The lowest BCUT2D eigenvalue weighted by molar-refractivity contribution is -0.139. The van der Waals surface area contributed by atoms with Gasteiger partial charge in [-0.3, -0.25) is 14.9 Å². The highest BCUT2D eigenvalue weighted by molar-refractivity contribution is 9.10. The van der Waals surface area contributed by atoms with Gasteiger partial charge in [0.2, 0.25) is 5.13 Å². The zero-order valence-electron chi connectivity index (χ0n) is 11.5. The summed E-state index contributed by atoms with van der Waals surface area (Å²) in [7, 11) is 0. The molecule has 0 unspecified atom stereocenters. The van der Waals surface area contributed by atoms with Crippen molar-refractivity contribution in [2.24, 2.45) is 0 Å². The van der Waals surface area contributed by atoms with Crippen LogP contribution in [0, 0.1) is 0 Å². The average molecular weight is 402 g/mol. The van der Waals surface area contributed by atoms with Gasteiger partial charge >= 0.3 is 5.97 Å². The van der Waals surface area contributed by atoms with Crippen molar-refractivity contribution in [1.29, 1.82) is 0 Å². The summed E-state index contributed by atoms with van der Waals surface area (Å²) in [6, 6.07) is 7.04. The second-order valence-corrected chi connectivity index (χ2v) is 7.05. The van der Waals surface area contributed by atoms with Gasteiger partial charge in [0.15, 0.2) is 4.34 Å². The van der Waals surface area contributed by atoms with Crippen LogP contribution in [-0.4, -0.2) is 34.4 Å². The van der Waals surface area contributed by atoms with E-state index in [1.165, 1.54) is 23.1 Å². The van der Waals surface area contributed by atoms with Crippen molar-refractivity contribution in [3.8, 4) is 0 Å². The van der Waals surface area contributed by atoms with Gasteiger partial charge in [0, 0.05) is 10.0 Å².